The Hall–Kier alpha value is -1.99. The smallest absolute Gasteiger partial charge is 0.250 e. The van der Waals surface area contributed by atoms with Crippen LogP contribution in [-0.2, 0) is 20.9 Å². The second kappa shape index (κ2) is 7.79. The van der Waals surface area contributed by atoms with Crippen molar-refractivity contribution in [2.45, 2.75) is 51.4 Å². The molecule has 2 fully saturated rings. The van der Waals surface area contributed by atoms with Gasteiger partial charge in [0.25, 0.3) is 5.56 Å². The van der Waals surface area contributed by atoms with Crippen LogP contribution in [0.5, 0.6) is 0 Å². The van der Waals surface area contributed by atoms with Gasteiger partial charge in [0.2, 0.25) is 5.91 Å². The Kier molecular flexibility index (Phi) is 5.38. The van der Waals surface area contributed by atoms with Crippen LogP contribution in [0.4, 0.5) is 0 Å². The van der Waals surface area contributed by atoms with E-state index in [0.29, 0.717) is 25.6 Å². The zero-order valence-corrected chi connectivity index (χ0v) is 16.7. The Balaban J connectivity index is 1.35. The first-order chi connectivity index (χ1) is 13.4. The number of hydrogen-bond donors (Lipinski definition) is 0. The lowest BCUT2D eigenvalue weighted by Gasteiger charge is -2.42. The summed E-state index contributed by atoms with van der Waals surface area (Å²) in [6.07, 6.45) is 1.04. The molecule has 0 aromatic carbocycles. The highest BCUT2D eigenvalue weighted by molar-refractivity contribution is 5.99. The summed E-state index contributed by atoms with van der Waals surface area (Å²) < 4.78 is 7.55. The molecule has 3 aliphatic heterocycles. The van der Waals surface area contributed by atoms with Crippen LogP contribution in [0.2, 0.25) is 0 Å². The van der Waals surface area contributed by atoms with Crippen LogP contribution < -0.4 is 5.56 Å². The summed E-state index contributed by atoms with van der Waals surface area (Å²) in [5.41, 5.74) is 1.14. The molecular formula is C21H29N3O4. The number of hydrogen-bond acceptors (Lipinski definition) is 5. The molecule has 7 heteroatoms. The molecule has 7 nitrogen and oxygen atoms in total. The highest BCUT2D eigenvalue weighted by Gasteiger charge is 2.35. The fourth-order valence-electron chi connectivity index (χ4n) is 5.09. The summed E-state index contributed by atoms with van der Waals surface area (Å²) in [6.45, 7) is 7.62. The number of likely N-dealkylation sites (tertiary alicyclic amines) is 1. The van der Waals surface area contributed by atoms with Crippen molar-refractivity contribution in [1.29, 1.82) is 0 Å². The van der Waals surface area contributed by atoms with E-state index in [1.54, 1.807) is 11.0 Å². The Bertz CT molecular complexity index is 810. The van der Waals surface area contributed by atoms with Gasteiger partial charge in [0, 0.05) is 50.4 Å². The summed E-state index contributed by atoms with van der Waals surface area (Å²) in [6, 6.07) is 5.46. The standard InChI is InChI=1S/C21H29N3O4/c1-14-8-23(9-15(2)28-14)21(27)7-18(25)13-22-10-16-6-17(12-22)19-4-3-5-20(26)24(19)11-16/h3-5,14-17H,6-13H2,1-2H3. The first-order valence-electron chi connectivity index (χ1n) is 10.3. The zero-order chi connectivity index (χ0) is 19.8. The fourth-order valence-corrected chi connectivity index (χ4v) is 5.09. The van der Waals surface area contributed by atoms with E-state index in [1.165, 1.54) is 0 Å². The quantitative estimate of drug-likeness (QED) is 0.717. The zero-order valence-electron chi connectivity index (χ0n) is 16.7. The van der Waals surface area contributed by atoms with E-state index >= 15 is 0 Å². The Morgan fingerprint density at radius 1 is 1.07 bits per heavy atom. The van der Waals surface area contributed by atoms with Crippen molar-refractivity contribution < 1.29 is 14.3 Å². The number of pyridine rings is 1. The molecule has 0 aliphatic carbocycles. The molecular weight excluding hydrogens is 358 g/mol. The monoisotopic (exact) mass is 387 g/mol. The third kappa shape index (κ3) is 4.05. The van der Waals surface area contributed by atoms with Crippen LogP contribution in [0.15, 0.2) is 23.0 Å². The molecule has 1 aromatic heterocycles. The summed E-state index contributed by atoms with van der Waals surface area (Å²) in [7, 11) is 0. The van der Waals surface area contributed by atoms with Gasteiger partial charge >= 0.3 is 0 Å². The Labute approximate surface area is 165 Å². The normalized spacial score (nSPS) is 30.0. The van der Waals surface area contributed by atoms with Gasteiger partial charge in [-0.25, -0.2) is 0 Å². The summed E-state index contributed by atoms with van der Waals surface area (Å²) in [5.74, 6) is 0.546. The average molecular weight is 387 g/mol. The molecule has 1 amide bonds. The van der Waals surface area contributed by atoms with Crippen LogP contribution in [0.3, 0.4) is 0 Å². The summed E-state index contributed by atoms with van der Waals surface area (Å²) >= 11 is 0. The van der Waals surface area contributed by atoms with E-state index in [9.17, 15) is 14.4 Å². The molecule has 0 saturated carbocycles. The Morgan fingerprint density at radius 3 is 2.57 bits per heavy atom. The first kappa shape index (κ1) is 19.3. The van der Waals surface area contributed by atoms with E-state index in [-0.39, 0.29) is 41.8 Å². The predicted octanol–water partition coefficient (Wildman–Crippen LogP) is 0.862. The third-order valence-electron chi connectivity index (χ3n) is 6.08. The predicted molar refractivity (Wildman–Crippen MR) is 104 cm³/mol. The first-order valence-corrected chi connectivity index (χ1v) is 10.3. The van der Waals surface area contributed by atoms with Gasteiger partial charge < -0.3 is 14.2 Å². The van der Waals surface area contributed by atoms with Gasteiger partial charge in [-0.05, 0) is 32.3 Å². The van der Waals surface area contributed by atoms with Crippen LogP contribution in [-0.4, -0.2) is 71.0 Å². The molecule has 2 bridgehead atoms. The molecule has 4 rings (SSSR count). The van der Waals surface area contributed by atoms with Gasteiger partial charge in [0.05, 0.1) is 25.2 Å². The number of ether oxygens (including phenoxy) is 1. The SMILES string of the molecule is CC1CN(C(=O)CC(=O)CN2CC3CC(C2)c2cccc(=O)n2C3)CC(C)O1. The maximum atomic E-state index is 12.6. The van der Waals surface area contributed by atoms with E-state index in [0.717, 1.165) is 31.7 Å². The number of rotatable bonds is 4. The van der Waals surface area contributed by atoms with E-state index < -0.39 is 0 Å². The van der Waals surface area contributed by atoms with Crippen molar-refractivity contribution in [2.75, 3.05) is 32.7 Å². The van der Waals surface area contributed by atoms with Gasteiger partial charge in [-0.2, -0.15) is 0 Å². The molecule has 0 radical (unpaired) electrons. The number of carbonyl (C=O) groups is 2. The second-order valence-corrected chi connectivity index (χ2v) is 8.66. The lowest BCUT2D eigenvalue weighted by atomic mass is 9.83. The number of fused-ring (bicyclic) bond motifs is 4. The topological polar surface area (TPSA) is 71.9 Å². The molecule has 2 saturated heterocycles. The van der Waals surface area contributed by atoms with E-state index in [2.05, 4.69) is 4.90 Å². The number of ketones is 1. The van der Waals surface area contributed by atoms with Gasteiger partial charge in [0.1, 0.15) is 0 Å². The number of nitrogens with zero attached hydrogens (tertiary/aromatic N) is 3. The maximum Gasteiger partial charge on any atom is 0.250 e. The molecule has 1 aromatic rings. The van der Waals surface area contributed by atoms with Gasteiger partial charge in [-0.3, -0.25) is 19.3 Å². The Morgan fingerprint density at radius 2 is 1.82 bits per heavy atom. The number of amides is 1. The number of Topliss-reactive ketones (excluding diaryl/α,β-unsaturated/α-hetero) is 1. The molecule has 4 atom stereocenters. The van der Waals surface area contributed by atoms with Crippen LogP contribution in [0, 0.1) is 5.92 Å². The fraction of sp³-hybridized carbons (Fsp3) is 0.667. The van der Waals surface area contributed by atoms with Crippen LogP contribution >= 0.6 is 0 Å². The van der Waals surface area contributed by atoms with Crippen molar-refractivity contribution in [3.8, 4) is 0 Å². The number of morpholine rings is 1. The van der Waals surface area contributed by atoms with Crippen molar-refractivity contribution >= 4 is 11.7 Å². The highest BCUT2D eigenvalue weighted by atomic mass is 16.5. The van der Waals surface area contributed by atoms with Crippen molar-refractivity contribution in [1.82, 2.24) is 14.4 Å². The van der Waals surface area contributed by atoms with E-state index in [4.69, 9.17) is 4.74 Å². The van der Waals surface area contributed by atoms with Gasteiger partial charge in [0.15, 0.2) is 5.78 Å². The summed E-state index contributed by atoms with van der Waals surface area (Å²) in [5, 5.41) is 0. The maximum absolute atomic E-state index is 12.6. The largest absolute Gasteiger partial charge is 0.372 e. The lowest BCUT2D eigenvalue weighted by molar-refractivity contribution is -0.145. The number of piperidine rings is 1. The molecule has 4 heterocycles. The summed E-state index contributed by atoms with van der Waals surface area (Å²) in [4.78, 5) is 41.1. The minimum absolute atomic E-state index is 0.00717. The lowest BCUT2D eigenvalue weighted by Crippen LogP contribution is -2.50. The second-order valence-electron chi connectivity index (χ2n) is 8.66. The number of carbonyl (C=O) groups excluding carboxylic acids is 2. The molecule has 28 heavy (non-hydrogen) atoms. The molecule has 152 valence electrons. The van der Waals surface area contributed by atoms with E-state index in [1.807, 2.05) is 30.5 Å². The van der Waals surface area contributed by atoms with Crippen molar-refractivity contribution in [3.63, 3.8) is 0 Å². The van der Waals surface area contributed by atoms with Crippen LogP contribution in [0.25, 0.3) is 0 Å². The van der Waals surface area contributed by atoms with Crippen molar-refractivity contribution in [2.24, 2.45) is 5.92 Å². The van der Waals surface area contributed by atoms with Gasteiger partial charge in [-0.1, -0.05) is 6.07 Å². The average Bonchev–Trinajstić information content (AvgIpc) is 2.61. The number of aromatic nitrogens is 1. The molecule has 3 aliphatic rings. The molecule has 0 spiro atoms. The van der Waals surface area contributed by atoms with Crippen LogP contribution in [0.1, 0.15) is 38.3 Å². The minimum Gasteiger partial charge on any atom is -0.372 e. The molecule has 0 N–H and O–H groups in total. The molecule has 4 unspecified atom stereocenters. The van der Waals surface area contributed by atoms with Gasteiger partial charge in [-0.15, -0.1) is 0 Å². The highest BCUT2D eigenvalue weighted by Crippen LogP contribution is 2.34. The third-order valence-corrected chi connectivity index (χ3v) is 6.08. The minimum atomic E-state index is -0.0962. The van der Waals surface area contributed by atoms with Crippen molar-refractivity contribution in [3.05, 3.63) is 34.2 Å².